The molecule has 0 spiro atoms. The third kappa shape index (κ3) is 2.80. The molecule has 0 aliphatic rings. The number of benzene rings is 1. The number of ether oxygens (including phenoxy) is 1. The van der Waals surface area contributed by atoms with Crippen molar-refractivity contribution in [2.24, 2.45) is 0 Å². The first kappa shape index (κ1) is 13.4. The summed E-state index contributed by atoms with van der Waals surface area (Å²) in [7, 11) is 1.62. The summed E-state index contributed by atoms with van der Waals surface area (Å²) in [5.41, 5.74) is 1.68. The van der Waals surface area contributed by atoms with Gasteiger partial charge in [-0.05, 0) is 23.6 Å². The summed E-state index contributed by atoms with van der Waals surface area (Å²) >= 11 is 1.39. The highest BCUT2D eigenvalue weighted by molar-refractivity contribution is 7.12. The zero-order valence-corrected chi connectivity index (χ0v) is 12.1. The molecule has 0 unspecified atom stereocenters. The van der Waals surface area contributed by atoms with Crippen LogP contribution in [0.4, 0.5) is 5.82 Å². The van der Waals surface area contributed by atoms with Crippen LogP contribution in [0.25, 0.3) is 11.3 Å². The van der Waals surface area contributed by atoms with Crippen molar-refractivity contribution in [3.63, 3.8) is 0 Å². The Morgan fingerprint density at radius 2 is 2.14 bits per heavy atom. The van der Waals surface area contributed by atoms with Crippen LogP contribution in [-0.2, 0) is 0 Å². The number of rotatable bonds is 4. The molecule has 2 heterocycles. The molecule has 0 fully saturated rings. The Kier molecular flexibility index (Phi) is 3.70. The van der Waals surface area contributed by atoms with Gasteiger partial charge in [-0.3, -0.25) is 9.89 Å². The minimum Gasteiger partial charge on any atom is -0.496 e. The average Bonchev–Trinajstić information content (AvgIpc) is 3.18. The van der Waals surface area contributed by atoms with E-state index in [0.29, 0.717) is 10.7 Å². The highest BCUT2D eigenvalue weighted by atomic mass is 32.1. The van der Waals surface area contributed by atoms with Crippen molar-refractivity contribution in [1.82, 2.24) is 10.2 Å². The van der Waals surface area contributed by atoms with E-state index in [4.69, 9.17) is 4.74 Å². The van der Waals surface area contributed by atoms with Crippen molar-refractivity contribution >= 4 is 23.1 Å². The Hall–Kier alpha value is -2.60. The number of hydrogen-bond donors (Lipinski definition) is 2. The lowest BCUT2D eigenvalue weighted by Crippen LogP contribution is -2.10. The van der Waals surface area contributed by atoms with E-state index in [1.165, 1.54) is 11.3 Å². The van der Waals surface area contributed by atoms with Crippen LogP contribution in [0.1, 0.15) is 9.67 Å². The maximum absolute atomic E-state index is 12.0. The third-order valence-electron chi connectivity index (χ3n) is 2.96. The summed E-state index contributed by atoms with van der Waals surface area (Å²) in [4.78, 5) is 12.6. The fraction of sp³-hybridized carbons (Fsp3) is 0.0667. The van der Waals surface area contributed by atoms with Gasteiger partial charge in [-0.25, -0.2) is 0 Å². The van der Waals surface area contributed by atoms with Crippen LogP contribution < -0.4 is 10.1 Å². The van der Waals surface area contributed by atoms with Gasteiger partial charge < -0.3 is 10.1 Å². The van der Waals surface area contributed by atoms with Gasteiger partial charge in [-0.15, -0.1) is 11.3 Å². The zero-order valence-electron chi connectivity index (χ0n) is 11.3. The molecule has 3 aromatic rings. The number of amides is 1. The van der Waals surface area contributed by atoms with Gasteiger partial charge >= 0.3 is 0 Å². The molecule has 0 aliphatic carbocycles. The normalized spacial score (nSPS) is 10.3. The Bertz CT molecular complexity index is 750. The summed E-state index contributed by atoms with van der Waals surface area (Å²) in [6.07, 6.45) is 0. The van der Waals surface area contributed by atoms with Gasteiger partial charge in [0.1, 0.15) is 5.75 Å². The van der Waals surface area contributed by atoms with Gasteiger partial charge in [0.2, 0.25) is 0 Å². The standard InChI is InChI=1S/C15H13N3O2S/c1-20-12-6-3-2-5-10(12)11-9-14(18-17-11)16-15(19)13-7-4-8-21-13/h2-9H,1H3,(H2,16,17,18,19). The van der Waals surface area contributed by atoms with Crippen molar-refractivity contribution in [2.45, 2.75) is 0 Å². The molecular formula is C15H13N3O2S. The van der Waals surface area contributed by atoms with Crippen LogP contribution in [0.2, 0.25) is 0 Å². The molecule has 0 aliphatic heterocycles. The molecule has 2 N–H and O–H groups in total. The number of thiophene rings is 1. The molecule has 0 saturated carbocycles. The topological polar surface area (TPSA) is 67.0 Å². The molecule has 5 nitrogen and oxygen atoms in total. The van der Waals surface area contributed by atoms with E-state index >= 15 is 0 Å². The molecule has 2 aromatic heterocycles. The number of nitrogens with one attached hydrogen (secondary N) is 2. The molecule has 3 rings (SSSR count). The quantitative estimate of drug-likeness (QED) is 0.776. The molecule has 1 amide bonds. The maximum Gasteiger partial charge on any atom is 0.266 e. The van der Waals surface area contributed by atoms with E-state index in [2.05, 4.69) is 15.5 Å². The lowest BCUT2D eigenvalue weighted by molar-refractivity contribution is 0.103. The van der Waals surface area contributed by atoms with E-state index in [0.717, 1.165) is 17.0 Å². The molecule has 106 valence electrons. The van der Waals surface area contributed by atoms with Crippen molar-refractivity contribution in [2.75, 3.05) is 12.4 Å². The van der Waals surface area contributed by atoms with Crippen molar-refractivity contribution in [1.29, 1.82) is 0 Å². The first-order chi connectivity index (χ1) is 10.3. The fourth-order valence-electron chi connectivity index (χ4n) is 1.98. The van der Waals surface area contributed by atoms with Crippen molar-refractivity contribution in [3.8, 4) is 17.0 Å². The number of aromatic nitrogens is 2. The SMILES string of the molecule is COc1ccccc1-c1cc(NC(=O)c2cccs2)n[nH]1. The molecule has 6 heteroatoms. The number of hydrogen-bond acceptors (Lipinski definition) is 4. The van der Waals surface area contributed by atoms with E-state index in [1.807, 2.05) is 35.7 Å². The number of anilines is 1. The molecule has 1 aromatic carbocycles. The monoisotopic (exact) mass is 299 g/mol. The second-order valence-electron chi connectivity index (χ2n) is 4.30. The van der Waals surface area contributed by atoms with Crippen LogP contribution in [-0.4, -0.2) is 23.2 Å². The smallest absolute Gasteiger partial charge is 0.266 e. The highest BCUT2D eigenvalue weighted by Crippen LogP contribution is 2.29. The van der Waals surface area contributed by atoms with Crippen LogP contribution in [0.15, 0.2) is 47.8 Å². The van der Waals surface area contributed by atoms with E-state index < -0.39 is 0 Å². The lowest BCUT2D eigenvalue weighted by atomic mass is 10.1. The number of nitrogens with zero attached hydrogens (tertiary/aromatic N) is 1. The number of methoxy groups -OCH3 is 1. The van der Waals surface area contributed by atoms with Crippen LogP contribution in [0.5, 0.6) is 5.75 Å². The summed E-state index contributed by atoms with van der Waals surface area (Å²) in [6.45, 7) is 0. The number of carbonyl (C=O) groups excluding carboxylic acids is 1. The minimum absolute atomic E-state index is 0.164. The second-order valence-corrected chi connectivity index (χ2v) is 5.25. The summed E-state index contributed by atoms with van der Waals surface area (Å²) < 4.78 is 5.32. The maximum atomic E-state index is 12.0. The molecular weight excluding hydrogens is 286 g/mol. The lowest BCUT2D eigenvalue weighted by Gasteiger charge is -2.05. The van der Waals surface area contributed by atoms with Crippen molar-refractivity contribution < 1.29 is 9.53 Å². The van der Waals surface area contributed by atoms with Gasteiger partial charge in [-0.1, -0.05) is 18.2 Å². The first-order valence-corrected chi connectivity index (χ1v) is 7.19. The van der Waals surface area contributed by atoms with Crippen LogP contribution in [0.3, 0.4) is 0 Å². The van der Waals surface area contributed by atoms with Gasteiger partial charge in [0.15, 0.2) is 5.82 Å². The number of aromatic amines is 1. The molecule has 0 bridgehead atoms. The van der Waals surface area contributed by atoms with Gasteiger partial charge in [0, 0.05) is 11.6 Å². The Labute approximate surface area is 125 Å². The second kappa shape index (κ2) is 5.80. The van der Waals surface area contributed by atoms with Gasteiger partial charge in [0.25, 0.3) is 5.91 Å². The van der Waals surface area contributed by atoms with Gasteiger partial charge in [-0.2, -0.15) is 5.10 Å². The third-order valence-corrected chi connectivity index (χ3v) is 3.83. The van der Waals surface area contributed by atoms with E-state index in [-0.39, 0.29) is 5.91 Å². The summed E-state index contributed by atoms with van der Waals surface area (Å²) in [5, 5.41) is 11.6. The molecule has 0 atom stereocenters. The number of carbonyl (C=O) groups is 1. The Balaban J connectivity index is 1.82. The number of H-pyrrole nitrogens is 1. The Morgan fingerprint density at radius 1 is 1.29 bits per heavy atom. The number of para-hydroxylation sites is 1. The molecule has 21 heavy (non-hydrogen) atoms. The zero-order chi connectivity index (χ0) is 14.7. The summed E-state index contributed by atoms with van der Waals surface area (Å²) in [6, 6.07) is 13.0. The highest BCUT2D eigenvalue weighted by Gasteiger charge is 2.12. The largest absolute Gasteiger partial charge is 0.496 e. The fourth-order valence-corrected chi connectivity index (χ4v) is 2.60. The van der Waals surface area contributed by atoms with E-state index in [9.17, 15) is 4.79 Å². The predicted molar refractivity (Wildman–Crippen MR) is 82.8 cm³/mol. The van der Waals surface area contributed by atoms with Gasteiger partial charge in [0.05, 0.1) is 17.7 Å². The van der Waals surface area contributed by atoms with Crippen molar-refractivity contribution in [3.05, 3.63) is 52.7 Å². The van der Waals surface area contributed by atoms with E-state index in [1.54, 1.807) is 19.2 Å². The van der Waals surface area contributed by atoms with Crippen LogP contribution >= 0.6 is 11.3 Å². The molecule has 0 saturated heterocycles. The first-order valence-electron chi connectivity index (χ1n) is 6.31. The average molecular weight is 299 g/mol. The van der Waals surface area contributed by atoms with Crippen LogP contribution in [0, 0.1) is 0 Å². The Morgan fingerprint density at radius 3 is 2.90 bits per heavy atom. The minimum atomic E-state index is -0.164. The molecule has 0 radical (unpaired) electrons. The predicted octanol–water partition coefficient (Wildman–Crippen LogP) is 3.40. The summed E-state index contributed by atoms with van der Waals surface area (Å²) in [5.74, 6) is 1.06.